The lowest BCUT2D eigenvalue weighted by Gasteiger charge is -2.03. The van der Waals surface area contributed by atoms with Crippen molar-refractivity contribution in [3.8, 4) is 0 Å². The summed E-state index contributed by atoms with van der Waals surface area (Å²) in [6.07, 6.45) is 8.11. The second-order valence-electron chi connectivity index (χ2n) is 3.95. The van der Waals surface area contributed by atoms with Gasteiger partial charge in [0.15, 0.2) is 5.69 Å². The second kappa shape index (κ2) is 7.37. The van der Waals surface area contributed by atoms with Crippen LogP contribution in [0.1, 0.15) is 55.3 Å². The minimum absolute atomic E-state index is 0.0450. The van der Waals surface area contributed by atoms with E-state index < -0.39 is 5.97 Å². The molecule has 1 aromatic rings. The first kappa shape index (κ1) is 14.1. The maximum absolute atomic E-state index is 10.9. The van der Waals surface area contributed by atoms with Crippen molar-refractivity contribution < 1.29 is 9.90 Å². The van der Waals surface area contributed by atoms with Crippen LogP contribution >= 0.6 is 15.9 Å². The first-order valence-electron chi connectivity index (χ1n) is 5.90. The van der Waals surface area contributed by atoms with Crippen LogP contribution in [0.4, 0.5) is 0 Å². The van der Waals surface area contributed by atoms with Crippen LogP contribution in [0.15, 0.2) is 10.7 Å². The summed E-state index contributed by atoms with van der Waals surface area (Å²) in [7, 11) is 0. The molecular formula is C12H17BrN2O2. The number of aryl methyl sites for hydroxylation is 1. The van der Waals surface area contributed by atoms with Crippen LogP contribution < -0.4 is 0 Å². The number of hydrogen-bond donors (Lipinski definition) is 1. The zero-order valence-corrected chi connectivity index (χ0v) is 11.5. The maximum Gasteiger partial charge on any atom is 0.355 e. The topological polar surface area (TPSA) is 63.1 Å². The third kappa shape index (κ3) is 4.81. The largest absolute Gasteiger partial charge is 0.476 e. The van der Waals surface area contributed by atoms with Gasteiger partial charge in [-0.3, -0.25) is 0 Å². The molecule has 94 valence electrons. The molecule has 0 bridgehead atoms. The van der Waals surface area contributed by atoms with Gasteiger partial charge in [0.25, 0.3) is 0 Å². The number of hydrogen-bond acceptors (Lipinski definition) is 3. The molecule has 0 unspecified atom stereocenters. The Morgan fingerprint density at radius 3 is 2.71 bits per heavy atom. The van der Waals surface area contributed by atoms with Crippen LogP contribution in [0.3, 0.4) is 0 Å². The van der Waals surface area contributed by atoms with E-state index in [0.29, 0.717) is 10.3 Å². The lowest BCUT2D eigenvalue weighted by molar-refractivity contribution is 0.0688. The third-order valence-electron chi connectivity index (χ3n) is 2.50. The van der Waals surface area contributed by atoms with E-state index in [1.165, 1.54) is 25.5 Å². The summed E-state index contributed by atoms with van der Waals surface area (Å²) >= 11 is 3.13. The molecule has 0 saturated heterocycles. The number of rotatable bonds is 7. The van der Waals surface area contributed by atoms with Crippen LogP contribution in [-0.4, -0.2) is 21.0 Å². The Morgan fingerprint density at radius 2 is 2.06 bits per heavy atom. The molecule has 0 radical (unpaired) electrons. The monoisotopic (exact) mass is 300 g/mol. The predicted octanol–water partition coefficient (Wildman–Crippen LogP) is 3.45. The van der Waals surface area contributed by atoms with Crippen LogP contribution in [-0.2, 0) is 6.42 Å². The Morgan fingerprint density at radius 1 is 1.35 bits per heavy atom. The zero-order chi connectivity index (χ0) is 12.7. The highest BCUT2D eigenvalue weighted by molar-refractivity contribution is 9.10. The van der Waals surface area contributed by atoms with Crippen molar-refractivity contribution in [3.63, 3.8) is 0 Å². The van der Waals surface area contributed by atoms with Gasteiger partial charge < -0.3 is 5.11 Å². The fraction of sp³-hybridized carbons (Fsp3) is 0.583. The lowest BCUT2D eigenvalue weighted by Crippen LogP contribution is -2.06. The standard InChI is InChI=1S/C12H17BrN2O2/c1-2-3-4-5-6-7-10-14-8-9(13)11(15-10)12(16)17/h8H,2-7H2,1H3,(H,16,17). The van der Waals surface area contributed by atoms with E-state index in [4.69, 9.17) is 5.11 Å². The molecule has 0 aromatic carbocycles. The molecule has 0 aliphatic rings. The maximum atomic E-state index is 10.9. The normalized spacial score (nSPS) is 10.5. The summed E-state index contributed by atoms with van der Waals surface area (Å²) in [5.74, 6) is -0.409. The van der Waals surface area contributed by atoms with Crippen LogP contribution in [0.5, 0.6) is 0 Å². The highest BCUT2D eigenvalue weighted by Gasteiger charge is 2.11. The molecule has 5 heteroatoms. The van der Waals surface area contributed by atoms with Crippen molar-refractivity contribution in [2.45, 2.75) is 45.4 Å². The van der Waals surface area contributed by atoms with Crippen molar-refractivity contribution in [2.24, 2.45) is 0 Å². The van der Waals surface area contributed by atoms with Gasteiger partial charge >= 0.3 is 5.97 Å². The van der Waals surface area contributed by atoms with E-state index in [1.54, 1.807) is 0 Å². The summed E-state index contributed by atoms with van der Waals surface area (Å²) < 4.78 is 0.430. The van der Waals surface area contributed by atoms with Gasteiger partial charge in [-0.05, 0) is 22.4 Å². The van der Waals surface area contributed by atoms with Gasteiger partial charge in [-0.2, -0.15) is 0 Å². The molecule has 0 spiro atoms. The third-order valence-corrected chi connectivity index (χ3v) is 3.08. The number of unbranched alkanes of at least 4 members (excludes halogenated alkanes) is 4. The van der Waals surface area contributed by atoms with Gasteiger partial charge in [0.05, 0.1) is 4.47 Å². The number of halogens is 1. The number of carboxylic acids is 1. The number of carboxylic acid groups (broad SMARTS) is 1. The molecule has 1 heterocycles. The minimum atomic E-state index is -1.02. The molecule has 0 atom stereocenters. The summed E-state index contributed by atoms with van der Waals surface area (Å²) in [5.41, 5.74) is 0.0450. The Kier molecular flexibility index (Phi) is 6.11. The molecule has 1 N–H and O–H groups in total. The lowest BCUT2D eigenvalue weighted by atomic mass is 10.1. The molecule has 0 aliphatic heterocycles. The van der Waals surface area contributed by atoms with E-state index in [0.717, 1.165) is 19.3 Å². The second-order valence-corrected chi connectivity index (χ2v) is 4.81. The van der Waals surface area contributed by atoms with Gasteiger partial charge in [-0.15, -0.1) is 0 Å². The Hall–Kier alpha value is -0.970. The van der Waals surface area contributed by atoms with E-state index in [2.05, 4.69) is 32.8 Å². The van der Waals surface area contributed by atoms with Crippen molar-refractivity contribution in [1.82, 2.24) is 9.97 Å². The SMILES string of the molecule is CCCCCCCc1ncc(Br)c(C(=O)O)n1. The van der Waals surface area contributed by atoms with Crippen molar-refractivity contribution in [3.05, 3.63) is 22.2 Å². The highest BCUT2D eigenvalue weighted by Crippen LogP contribution is 2.14. The molecular weight excluding hydrogens is 284 g/mol. The highest BCUT2D eigenvalue weighted by atomic mass is 79.9. The van der Waals surface area contributed by atoms with Crippen molar-refractivity contribution in [1.29, 1.82) is 0 Å². The summed E-state index contributed by atoms with van der Waals surface area (Å²) in [4.78, 5) is 19.0. The molecule has 4 nitrogen and oxygen atoms in total. The molecule has 1 rings (SSSR count). The van der Waals surface area contributed by atoms with Gasteiger partial charge in [-0.25, -0.2) is 14.8 Å². The van der Waals surface area contributed by atoms with Gasteiger partial charge in [0.2, 0.25) is 0 Å². The minimum Gasteiger partial charge on any atom is -0.476 e. The van der Waals surface area contributed by atoms with Gasteiger partial charge in [0, 0.05) is 12.6 Å². The average molecular weight is 301 g/mol. The molecule has 0 amide bonds. The number of nitrogens with zero attached hydrogens (tertiary/aromatic N) is 2. The molecule has 17 heavy (non-hydrogen) atoms. The van der Waals surface area contributed by atoms with Crippen LogP contribution in [0, 0.1) is 0 Å². The van der Waals surface area contributed by atoms with E-state index >= 15 is 0 Å². The van der Waals surface area contributed by atoms with E-state index in [-0.39, 0.29) is 5.69 Å². The van der Waals surface area contributed by atoms with Gasteiger partial charge in [0.1, 0.15) is 5.82 Å². The van der Waals surface area contributed by atoms with Crippen molar-refractivity contribution >= 4 is 21.9 Å². The molecule has 0 fully saturated rings. The molecule has 0 saturated carbocycles. The van der Waals surface area contributed by atoms with E-state index in [9.17, 15) is 4.79 Å². The predicted molar refractivity (Wildman–Crippen MR) is 69.2 cm³/mol. The number of carbonyl (C=O) groups is 1. The summed E-state index contributed by atoms with van der Waals surface area (Å²) in [6, 6.07) is 0. The number of aromatic carboxylic acids is 1. The molecule has 0 aliphatic carbocycles. The fourth-order valence-electron chi connectivity index (χ4n) is 1.56. The smallest absolute Gasteiger partial charge is 0.355 e. The first-order chi connectivity index (χ1) is 8.15. The zero-order valence-electron chi connectivity index (χ0n) is 9.95. The van der Waals surface area contributed by atoms with Crippen LogP contribution in [0.25, 0.3) is 0 Å². The van der Waals surface area contributed by atoms with Gasteiger partial charge in [-0.1, -0.05) is 32.6 Å². The first-order valence-corrected chi connectivity index (χ1v) is 6.69. The summed E-state index contributed by atoms with van der Waals surface area (Å²) in [5, 5.41) is 8.91. The van der Waals surface area contributed by atoms with Crippen LogP contribution in [0.2, 0.25) is 0 Å². The fourth-order valence-corrected chi connectivity index (χ4v) is 1.92. The quantitative estimate of drug-likeness (QED) is 0.783. The Bertz CT molecular complexity index is 383. The Labute approximate surface area is 110 Å². The average Bonchev–Trinajstić information content (AvgIpc) is 2.30. The number of aromatic nitrogens is 2. The Balaban J connectivity index is 2.49. The van der Waals surface area contributed by atoms with Crippen molar-refractivity contribution in [2.75, 3.05) is 0 Å². The summed E-state index contributed by atoms with van der Waals surface area (Å²) in [6.45, 7) is 2.18. The molecule has 1 aromatic heterocycles. The van der Waals surface area contributed by atoms with E-state index in [1.807, 2.05) is 0 Å².